The van der Waals surface area contributed by atoms with Gasteiger partial charge in [0.2, 0.25) is 0 Å². The standard InChI is InChI=1S/C21H25NO3/c1-15(23)25-22(2)14-18-10-9-17-13-19(24-3)11-12-20(17)21(18)16-7-5-4-6-8-16/h4-8,11-13,18,21H,9-10,14H2,1-3H3. The van der Waals surface area contributed by atoms with Crippen molar-refractivity contribution in [2.75, 3.05) is 20.7 Å². The first kappa shape index (κ1) is 17.5. The van der Waals surface area contributed by atoms with E-state index in [0.717, 1.165) is 18.6 Å². The third-order valence-corrected chi connectivity index (χ3v) is 4.88. The van der Waals surface area contributed by atoms with Crippen molar-refractivity contribution in [3.8, 4) is 5.75 Å². The minimum absolute atomic E-state index is 0.278. The highest BCUT2D eigenvalue weighted by atomic mass is 16.7. The molecule has 0 saturated heterocycles. The first-order chi connectivity index (χ1) is 12.1. The number of hydroxylamine groups is 2. The number of benzene rings is 2. The number of methoxy groups -OCH3 is 1. The molecule has 3 rings (SSSR count). The van der Waals surface area contributed by atoms with Gasteiger partial charge in [0.1, 0.15) is 5.75 Å². The van der Waals surface area contributed by atoms with Crippen LogP contribution in [-0.2, 0) is 16.1 Å². The Morgan fingerprint density at radius 1 is 1.20 bits per heavy atom. The van der Waals surface area contributed by atoms with Crippen LogP contribution in [0.5, 0.6) is 5.75 Å². The van der Waals surface area contributed by atoms with Gasteiger partial charge in [0.15, 0.2) is 0 Å². The number of hydrogen-bond acceptors (Lipinski definition) is 4. The molecule has 2 atom stereocenters. The first-order valence-electron chi connectivity index (χ1n) is 8.70. The Morgan fingerprint density at radius 3 is 2.64 bits per heavy atom. The number of nitrogens with zero attached hydrogens (tertiary/aromatic N) is 1. The van der Waals surface area contributed by atoms with E-state index in [0.29, 0.717) is 12.5 Å². The van der Waals surface area contributed by atoms with Gasteiger partial charge in [-0.05, 0) is 47.6 Å². The van der Waals surface area contributed by atoms with Gasteiger partial charge in [0.05, 0.1) is 7.11 Å². The number of aryl methyl sites for hydroxylation is 1. The largest absolute Gasteiger partial charge is 0.497 e. The SMILES string of the molecule is COc1ccc2c(c1)CCC(CN(C)OC(C)=O)C2c1ccccc1. The highest BCUT2D eigenvalue weighted by molar-refractivity contribution is 5.65. The van der Waals surface area contributed by atoms with Gasteiger partial charge < -0.3 is 9.57 Å². The van der Waals surface area contributed by atoms with Gasteiger partial charge >= 0.3 is 5.97 Å². The van der Waals surface area contributed by atoms with Crippen molar-refractivity contribution in [2.24, 2.45) is 5.92 Å². The molecule has 0 bridgehead atoms. The van der Waals surface area contributed by atoms with Crippen LogP contribution in [0.1, 0.15) is 36.0 Å². The lowest BCUT2D eigenvalue weighted by Crippen LogP contribution is -2.33. The fourth-order valence-electron chi connectivity index (χ4n) is 3.89. The third-order valence-electron chi connectivity index (χ3n) is 4.88. The van der Waals surface area contributed by atoms with E-state index in [-0.39, 0.29) is 11.9 Å². The van der Waals surface area contributed by atoms with E-state index in [2.05, 4.69) is 36.4 Å². The smallest absolute Gasteiger partial charge is 0.322 e. The average molecular weight is 339 g/mol. The van der Waals surface area contributed by atoms with Gasteiger partial charge in [-0.1, -0.05) is 36.4 Å². The maximum Gasteiger partial charge on any atom is 0.322 e. The fraction of sp³-hybridized carbons (Fsp3) is 0.381. The van der Waals surface area contributed by atoms with E-state index in [9.17, 15) is 4.79 Å². The normalized spacial score (nSPS) is 19.4. The van der Waals surface area contributed by atoms with Crippen molar-refractivity contribution in [3.05, 3.63) is 65.2 Å². The number of carbonyl (C=O) groups excluding carboxylic acids is 1. The Hall–Kier alpha value is -2.33. The molecule has 4 heteroatoms. The van der Waals surface area contributed by atoms with Gasteiger partial charge in [-0.15, -0.1) is 5.06 Å². The van der Waals surface area contributed by atoms with Crippen LogP contribution in [-0.4, -0.2) is 31.7 Å². The second-order valence-corrected chi connectivity index (χ2v) is 6.65. The number of fused-ring (bicyclic) bond motifs is 1. The zero-order chi connectivity index (χ0) is 17.8. The van der Waals surface area contributed by atoms with E-state index in [1.54, 1.807) is 12.2 Å². The van der Waals surface area contributed by atoms with E-state index in [4.69, 9.17) is 9.57 Å². The molecular weight excluding hydrogens is 314 g/mol. The van der Waals surface area contributed by atoms with Crippen LogP contribution in [0.4, 0.5) is 0 Å². The Balaban J connectivity index is 1.94. The van der Waals surface area contributed by atoms with Crippen LogP contribution >= 0.6 is 0 Å². The molecule has 132 valence electrons. The molecule has 0 amide bonds. The highest BCUT2D eigenvalue weighted by Gasteiger charge is 2.32. The van der Waals surface area contributed by atoms with Crippen LogP contribution in [0, 0.1) is 5.92 Å². The number of rotatable bonds is 5. The maximum atomic E-state index is 11.2. The van der Waals surface area contributed by atoms with Gasteiger partial charge in [-0.3, -0.25) is 4.79 Å². The van der Waals surface area contributed by atoms with E-state index in [1.165, 1.54) is 23.6 Å². The summed E-state index contributed by atoms with van der Waals surface area (Å²) < 4.78 is 5.39. The Bertz CT molecular complexity index is 729. The topological polar surface area (TPSA) is 38.8 Å². The molecule has 4 nitrogen and oxygen atoms in total. The second-order valence-electron chi connectivity index (χ2n) is 6.65. The summed E-state index contributed by atoms with van der Waals surface area (Å²) >= 11 is 0. The monoisotopic (exact) mass is 339 g/mol. The summed E-state index contributed by atoms with van der Waals surface area (Å²) in [5.41, 5.74) is 3.99. The molecule has 2 aromatic rings. The first-order valence-corrected chi connectivity index (χ1v) is 8.70. The van der Waals surface area contributed by atoms with Gasteiger partial charge in [-0.25, -0.2) is 0 Å². The molecule has 0 heterocycles. The maximum absolute atomic E-state index is 11.2. The summed E-state index contributed by atoms with van der Waals surface area (Å²) in [6.45, 7) is 2.15. The predicted octanol–water partition coefficient (Wildman–Crippen LogP) is 3.80. The number of ether oxygens (including phenoxy) is 1. The van der Waals surface area contributed by atoms with Crippen molar-refractivity contribution in [3.63, 3.8) is 0 Å². The minimum Gasteiger partial charge on any atom is -0.497 e. The van der Waals surface area contributed by atoms with E-state index in [1.807, 2.05) is 19.2 Å². The summed E-state index contributed by atoms with van der Waals surface area (Å²) in [5.74, 6) is 1.29. The molecular formula is C21H25NO3. The summed E-state index contributed by atoms with van der Waals surface area (Å²) in [7, 11) is 3.53. The van der Waals surface area contributed by atoms with E-state index < -0.39 is 0 Å². The molecule has 0 saturated carbocycles. The Kier molecular flexibility index (Phi) is 5.39. The lowest BCUT2D eigenvalue weighted by molar-refractivity contribution is -0.184. The zero-order valence-corrected chi connectivity index (χ0v) is 15.1. The van der Waals surface area contributed by atoms with Crippen LogP contribution < -0.4 is 4.74 Å². The van der Waals surface area contributed by atoms with E-state index >= 15 is 0 Å². The highest BCUT2D eigenvalue weighted by Crippen LogP contribution is 2.42. The van der Waals surface area contributed by atoms with Crippen LogP contribution in [0.25, 0.3) is 0 Å². The molecule has 25 heavy (non-hydrogen) atoms. The van der Waals surface area contributed by atoms with Crippen LogP contribution in [0.2, 0.25) is 0 Å². The van der Waals surface area contributed by atoms with Crippen molar-refractivity contribution in [2.45, 2.75) is 25.7 Å². The molecule has 0 aromatic heterocycles. The van der Waals surface area contributed by atoms with Crippen molar-refractivity contribution in [1.29, 1.82) is 0 Å². The molecule has 1 aliphatic rings. The predicted molar refractivity (Wildman–Crippen MR) is 97.5 cm³/mol. The van der Waals surface area contributed by atoms with Crippen molar-refractivity contribution < 1.29 is 14.4 Å². The Labute approximate surface area is 149 Å². The van der Waals surface area contributed by atoms with Gasteiger partial charge in [0, 0.05) is 26.4 Å². The molecule has 0 aliphatic heterocycles. The molecule has 1 aliphatic carbocycles. The zero-order valence-electron chi connectivity index (χ0n) is 15.1. The average Bonchev–Trinajstić information content (AvgIpc) is 2.61. The molecule has 0 N–H and O–H groups in total. The van der Waals surface area contributed by atoms with Crippen molar-refractivity contribution in [1.82, 2.24) is 5.06 Å². The molecule has 2 aromatic carbocycles. The number of carbonyl (C=O) groups is 1. The van der Waals surface area contributed by atoms with Crippen LogP contribution in [0.3, 0.4) is 0 Å². The Morgan fingerprint density at radius 2 is 1.96 bits per heavy atom. The molecule has 0 spiro atoms. The quantitative estimate of drug-likeness (QED) is 0.777. The van der Waals surface area contributed by atoms with Crippen molar-refractivity contribution >= 4 is 5.97 Å². The summed E-state index contributed by atoms with van der Waals surface area (Å²) in [6.07, 6.45) is 2.06. The van der Waals surface area contributed by atoms with Gasteiger partial charge in [-0.2, -0.15) is 0 Å². The second kappa shape index (κ2) is 7.70. The lowest BCUT2D eigenvalue weighted by Gasteiger charge is -2.36. The third kappa shape index (κ3) is 4.02. The summed E-state index contributed by atoms with van der Waals surface area (Å²) in [4.78, 5) is 16.5. The van der Waals surface area contributed by atoms with Gasteiger partial charge in [0.25, 0.3) is 0 Å². The fourth-order valence-corrected chi connectivity index (χ4v) is 3.89. The molecule has 0 radical (unpaired) electrons. The minimum atomic E-state index is -0.278. The molecule has 0 fully saturated rings. The lowest BCUT2D eigenvalue weighted by atomic mass is 9.71. The molecule has 2 unspecified atom stereocenters. The van der Waals surface area contributed by atoms with Crippen LogP contribution in [0.15, 0.2) is 48.5 Å². The summed E-state index contributed by atoms with van der Waals surface area (Å²) in [5, 5.41) is 1.66. The number of hydrogen-bond donors (Lipinski definition) is 0. The summed E-state index contributed by atoms with van der Waals surface area (Å²) in [6, 6.07) is 16.9.